The van der Waals surface area contributed by atoms with Crippen LogP contribution in [0.4, 0.5) is 0 Å². The van der Waals surface area contributed by atoms with Crippen LogP contribution in [0.15, 0.2) is 54.6 Å². The molecular weight excluding hydrogens is 290 g/mol. The maximum Gasteiger partial charge on any atom is 0.244 e. The van der Waals surface area contributed by atoms with Crippen LogP contribution in [0, 0.1) is 0 Å². The van der Waals surface area contributed by atoms with Gasteiger partial charge in [0.2, 0.25) is 5.91 Å². The van der Waals surface area contributed by atoms with Crippen LogP contribution in [0.1, 0.15) is 24.1 Å². The Morgan fingerprint density at radius 1 is 1.04 bits per heavy atom. The molecular formula is C19H21NO3. The summed E-state index contributed by atoms with van der Waals surface area (Å²) in [6, 6.07) is 15.3. The molecule has 2 aromatic carbocycles. The van der Waals surface area contributed by atoms with Crippen LogP contribution in [-0.4, -0.2) is 20.1 Å². The van der Waals surface area contributed by atoms with Crippen molar-refractivity contribution in [1.29, 1.82) is 0 Å². The number of carbonyl (C=O) groups is 1. The second-order valence-corrected chi connectivity index (χ2v) is 5.09. The Kier molecular flexibility index (Phi) is 5.80. The molecule has 1 amide bonds. The average molecular weight is 311 g/mol. The summed E-state index contributed by atoms with van der Waals surface area (Å²) in [5.41, 5.74) is 1.94. The second kappa shape index (κ2) is 8.03. The number of carbonyl (C=O) groups excluding carboxylic acids is 1. The van der Waals surface area contributed by atoms with Crippen LogP contribution in [0.5, 0.6) is 11.5 Å². The maximum atomic E-state index is 12.0. The van der Waals surface area contributed by atoms with Gasteiger partial charge in [0.25, 0.3) is 0 Å². The lowest BCUT2D eigenvalue weighted by molar-refractivity contribution is -0.117. The summed E-state index contributed by atoms with van der Waals surface area (Å²) >= 11 is 0. The fraction of sp³-hybridized carbons (Fsp3) is 0.211. The van der Waals surface area contributed by atoms with Crippen molar-refractivity contribution in [3.8, 4) is 11.5 Å². The van der Waals surface area contributed by atoms with E-state index in [2.05, 4.69) is 5.32 Å². The Labute approximate surface area is 136 Å². The first kappa shape index (κ1) is 16.6. The highest BCUT2D eigenvalue weighted by atomic mass is 16.5. The van der Waals surface area contributed by atoms with Crippen molar-refractivity contribution in [2.75, 3.05) is 14.2 Å². The Morgan fingerprint density at radius 3 is 2.39 bits per heavy atom. The van der Waals surface area contributed by atoms with Gasteiger partial charge in [0.05, 0.1) is 20.3 Å². The molecule has 1 unspecified atom stereocenters. The van der Waals surface area contributed by atoms with E-state index in [1.807, 2.05) is 55.5 Å². The number of ether oxygens (including phenoxy) is 2. The van der Waals surface area contributed by atoms with Crippen LogP contribution in [0.2, 0.25) is 0 Å². The maximum absolute atomic E-state index is 12.0. The summed E-state index contributed by atoms with van der Waals surface area (Å²) in [6.45, 7) is 1.96. The number of rotatable bonds is 6. The molecule has 0 aliphatic carbocycles. The van der Waals surface area contributed by atoms with Gasteiger partial charge in [-0.05, 0) is 36.3 Å². The standard InChI is InChI=1S/C19H21NO3/c1-14(16-7-5-4-6-8-16)20-19(21)12-10-15-9-11-17(22-2)18(13-15)23-3/h4-14H,1-3H3,(H,20,21). The number of amides is 1. The van der Waals surface area contributed by atoms with Crippen molar-refractivity contribution in [2.45, 2.75) is 13.0 Å². The van der Waals surface area contributed by atoms with Gasteiger partial charge in [-0.3, -0.25) is 4.79 Å². The molecule has 0 saturated heterocycles. The van der Waals surface area contributed by atoms with Crippen LogP contribution < -0.4 is 14.8 Å². The quantitative estimate of drug-likeness (QED) is 0.829. The number of methoxy groups -OCH3 is 2. The molecule has 0 bridgehead atoms. The molecule has 4 heteroatoms. The SMILES string of the molecule is COc1ccc(C=CC(=O)NC(C)c2ccccc2)cc1OC. The summed E-state index contributed by atoms with van der Waals surface area (Å²) in [6.07, 6.45) is 3.26. The molecule has 2 aromatic rings. The van der Waals surface area contributed by atoms with Gasteiger partial charge in [0.15, 0.2) is 11.5 Å². The first-order valence-corrected chi connectivity index (χ1v) is 7.39. The average Bonchev–Trinajstić information content (AvgIpc) is 2.60. The third-order valence-electron chi connectivity index (χ3n) is 3.49. The summed E-state index contributed by atoms with van der Waals surface area (Å²) in [4.78, 5) is 12.0. The van der Waals surface area contributed by atoms with E-state index in [0.29, 0.717) is 11.5 Å². The van der Waals surface area contributed by atoms with Crippen LogP contribution in [0.25, 0.3) is 6.08 Å². The molecule has 0 saturated carbocycles. The van der Waals surface area contributed by atoms with Gasteiger partial charge in [0, 0.05) is 6.08 Å². The smallest absolute Gasteiger partial charge is 0.244 e. The fourth-order valence-corrected chi connectivity index (χ4v) is 2.21. The highest BCUT2D eigenvalue weighted by Gasteiger charge is 2.07. The lowest BCUT2D eigenvalue weighted by Gasteiger charge is -2.12. The third-order valence-corrected chi connectivity index (χ3v) is 3.49. The molecule has 0 heterocycles. The van der Waals surface area contributed by atoms with Gasteiger partial charge in [-0.25, -0.2) is 0 Å². The van der Waals surface area contributed by atoms with Gasteiger partial charge in [-0.15, -0.1) is 0 Å². The lowest BCUT2D eigenvalue weighted by atomic mass is 10.1. The van der Waals surface area contributed by atoms with Gasteiger partial charge >= 0.3 is 0 Å². The molecule has 0 aliphatic heterocycles. The molecule has 0 fully saturated rings. The molecule has 4 nitrogen and oxygen atoms in total. The first-order valence-electron chi connectivity index (χ1n) is 7.39. The van der Waals surface area contributed by atoms with E-state index < -0.39 is 0 Å². The Bertz CT molecular complexity index is 680. The van der Waals surface area contributed by atoms with E-state index in [1.165, 1.54) is 6.08 Å². The zero-order valence-corrected chi connectivity index (χ0v) is 13.6. The minimum atomic E-state index is -0.142. The summed E-state index contributed by atoms with van der Waals surface area (Å²) in [7, 11) is 3.17. The molecule has 0 aromatic heterocycles. The van der Waals surface area contributed by atoms with E-state index in [1.54, 1.807) is 20.3 Å². The monoisotopic (exact) mass is 311 g/mol. The summed E-state index contributed by atoms with van der Waals surface area (Å²) < 4.78 is 10.4. The molecule has 1 N–H and O–H groups in total. The zero-order valence-electron chi connectivity index (χ0n) is 13.6. The van der Waals surface area contributed by atoms with E-state index in [4.69, 9.17) is 9.47 Å². The van der Waals surface area contributed by atoms with Crippen molar-refractivity contribution in [1.82, 2.24) is 5.32 Å². The highest BCUT2D eigenvalue weighted by Crippen LogP contribution is 2.27. The molecule has 23 heavy (non-hydrogen) atoms. The molecule has 1 atom stereocenters. The molecule has 120 valence electrons. The summed E-state index contributed by atoms with van der Waals surface area (Å²) in [5.74, 6) is 1.15. The largest absolute Gasteiger partial charge is 0.493 e. The molecule has 0 spiro atoms. The zero-order chi connectivity index (χ0) is 16.7. The molecule has 0 radical (unpaired) electrons. The van der Waals surface area contributed by atoms with Gasteiger partial charge in [-0.1, -0.05) is 36.4 Å². The normalized spacial score (nSPS) is 12.0. The van der Waals surface area contributed by atoms with Gasteiger partial charge in [-0.2, -0.15) is 0 Å². The van der Waals surface area contributed by atoms with Crippen molar-refractivity contribution >= 4 is 12.0 Å². The third kappa shape index (κ3) is 4.61. The van der Waals surface area contributed by atoms with Crippen LogP contribution in [-0.2, 0) is 4.79 Å². The van der Waals surface area contributed by atoms with E-state index in [-0.39, 0.29) is 11.9 Å². The van der Waals surface area contributed by atoms with Crippen LogP contribution in [0.3, 0.4) is 0 Å². The number of hydrogen-bond acceptors (Lipinski definition) is 3. The van der Waals surface area contributed by atoms with E-state index in [9.17, 15) is 4.79 Å². The van der Waals surface area contributed by atoms with Gasteiger partial charge in [0.1, 0.15) is 0 Å². The van der Waals surface area contributed by atoms with Crippen molar-refractivity contribution in [3.05, 3.63) is 65.7 Å². The van der Waals surface area contributed by atoms with Crippen LogP contribution >= 0.6 is 0 Å². The minimum absolute atomic E-state index is 0.0428. The molecule has 0 aliphatic rings. The highest BCUT2D eigenvalue weighted by molar-refractivity contribution is 5.92. The van der Waals surface area contributed by atoms with E-state index in [0.717, 1.165) is 11.1 Å². The number of benzene rings is 2. The number of hydrogen-bond donors (Lipinski definition) is 1. The molecule has 2 rings (SSSR count). The van der Waals surface area contributed by atoms with E-state index >= 15 is 0 Å². The first-order chi connectivity index (χ1) is 11.1. The topological polar surface area (TPSA) is 47.6 Å². The van der Waals surface area contributed by atoms with Crippen molar-refractivity contribution in [2.24, 2.45) is 0 Å². The van der Waals surface area contributed by atoms with Gasteiger partial charge < -0.3 is 14.8 Å². The number of nitrogens with one attached hydrogen (secondary N) is 1. The summed E-state index contributed by atoms with van der Waals surface area (Å²) in [5, 5.41) is 2.94. The second-order valence-electron chi connectivity index (χ2n) is 5.09. The Balaban J connectivity index is 2.01. The van der Waals surface area contributed by atoms with Crippen molar-refractivity contribution < 1.29 is 14.3 Å². The lowest BCUT2D eigenvalue weighted by Crippen LogP contribution is -2.24. The van der Waals surface area contributed by atoms with Crippen molar-refractivity contribution in [3.63, 3.8) is 0 Å². The Morgan fingerprint density at radius 2 is 1.74 bits per heavy atom. The Hall–Kier alpha value is -2.75. The minimum Gasteiger partial charge on any atom is -0.493 e. The predicted octanol–water partition coefficient (Wildman–Crippen LogP) is 3.59. The predicted molar refractivity (Wildman–Crippen MR) is 91.6 cm³/mol. The fourth-order valence-electron chi connectivity index (χ4n) is 2.21.